The Bertz CT molecular complexity index is 1130. The molecule has 1 aromatic heterocycles. The number of aryl methyl sites for hydroxylation is 1. The van der Waals surface area contributed by atoms with Crippen molar-refractivity contribution in [2.24, 2.45) is 12.8 Å². The smallest absolute Gasteiger partial charge is 0.247 e. The predicted octanol–water partition coefficient (Wildman–Crippen LogP) is 2.13. The number of rotatable bonds is 11. The van der Waals surface area contributed by atoms with Crippen molar-refractivity contribution in [2.45, 2.75) is 58.3 Å². The van der Waals surface area contributed by atoms with E-state index in [4.69, 9.17) is 10.5 Å². The van der Waals surface area contributed by atoms with E-state index in [0.29, 0.717) is 18.1 Å². The Kier molecular flexibility index (Phi) is 8.94. The topological polar surface area (TPSA) is 119 Å². The Morgan fingerprint density at radius 1 is 1.31 bits per heavy atom. The van der Waals surface area contributed by atoms with E-state index in [1.54, 1.807) is 30.3 Å². The van der Waals surface area contributed by atoms with E-state index >= 15 is 0 Å². The second kappa shape index (κ2) is 11.4. The highest BCUT2D eigenvalue weighted by Crippen LogP contribution is 2.36. The van der Waals surface area contributed by atoms with Crippen LogP contribution < -0.4 is 15.8 Å². The highest BCUT2D eigenvalue weighted by atomic mass is 32.2. The number of hydrogen-bond acceptors (Lipinski definition) is 6. The fourth-order valence-corrected chi connectivity index (χ4v) is 5.96. The van der Waals surface area contributed by atoms with Gasteiger partial charge >= 0.3 is 0 Å². The molecular formula is C25H37N5O4S2. The summed E-state index contributed by atoms with van der Waals surface area (Å²) in [5.74, 6) is -0.724. The van der Waals surface area contributed by atoms with Crippen LogP contribution in [0.5, 0.6) is 0 Å². The summed E-state index contributed by atoms with van der Waals surface area (Å²) in [6.45, 7) is 9.96. The van der Waals surface area contributed by atoms with Crippen molar-refractivity contribution in [1.82, 2.24) is 18.9 Å². The Hall–Kier alpha value is -2.31. The molecule has 198 valence electrons. The molecule has 2 aromatic rings. The molecule has 36 heavy (non-hydrogen) atoms. The fraction of sp³-hybridized carbons (Fsp3) is 0.520. The molecule has 2 unspecified atom stereocenters. The molecule has 2 heterocycles. The average molecular weight is 536 g/mol. The molecule has 2 atom stereocenters. The van der Waals surface area contributed by atoms with Gasteiger partial charge in [0.2, 0.25) is 11.8 Å². The van der Waals surface area contributed by atoms with E-state index < -0.39 is 34.0 Å². The van der Waals surface area contributed by atoms with Gasteiger partial charge in [0.1, 0.15) is 17.0 Å². The van der Waals surface area contributed by atoms with Gasteiger partial charge in [-0.15, -0.1) is 0 Å². The first-order valence-corrected chi connectivity index (χ1v) is 13.9. The maximum Gasteiger partial charge on any atom is 0.247 e. The lowest BCUT2D eigenvalue weighted by Crippen LogP contribution is -2.58. The van der Waals surface area contributed by atoms with Crippen molar-refractivity contribution in [3.63, 3.8) is 0 Å². The molecule has 0 spiro atoms. The first-order chi connectivity index (χ1) is 16.8. The van der Waals surface area contributed by atoms with Gasteiger partial charge in [-0.05, 0) is 45.8 Å². The lowest BCUT2D eigenvalue weighted by Gasteiger charge is -2.32. The first-order valence-electron chi connectivity index (χ1n) is 11.9. The number of nitrogens with two attached hydrogens (primary N) is 1. The minimum Gasteiger partial charge on any atom is -0.372 e. The first kappa shape index (κ1) is 28.3. The van der Waals surface area contributed by atoms with Crippen LogP contribution in [0.3, 0.4) is 0 Å². The van der Waals surface area contributed by atoms with Crippen LogP contribution in [0.2, 0.25) is 0 Å². The molecule has 0 bridgehead atoms. The summed E-state index contributed by atoms with van der Waals surface area (Å²) in [5, 5.41) is 4.76. The van der Waals surface area contributed by atoms with Crippen LogP contribution >= 0.6 is 11.5 Å². The molecule has 11 heteroatoms. The lowest BCUT2D eigenvalue weighted by molar-refractivity contribution is -0.139. The molecule has 0 saturated heterocycles. The van der Waals surface area contributed by atoms with Gasteiger partial charge in [-0.3, -0.25) is 9.59 Å². The summed E-state index contributed by atoms with van der Waals surface area (Å²) in [6.07, 6.45) is 0. The third kappa shape index (κ3) is 6.51. The zero-order valence-electron chi connectivity index (χ0n) is 21.8. The molecule has 1 aliphatic heterocycles. The SMILES string of the molecule is CCN(CC1=C(c2ccccc2)S(=O)NC1(C)C)C(=O)C(COCc1csn1C)NC(=O)C(C)(C)N. The van der Waals surface area contributed by atoms with Gasteiger partial charge in [0, 0.05) is 31.1 Å². The van der Waals surface area contributed by atoms with Crippen molar-refractivity contribution in [3.05, 3.63) is 52.5 Å². The number of amides is 2. The highest BCUT2D eigenvalue weighted by Gasteiger charge is 2.40. The Balaban J connectivity index is 1.86. The number of ether oxygens (including phenoxy) is 1. The largest absolute Gasteiger partial charge is 0.372 e. The van der Waals surface area contributed by atoms with E-state index in [-0.39, 0.29) is 19.1 Å². The van der Waals surface area contributed by atoms with E-state index in [0.717, 1.165) is 16.8 Å². The number of nitrogens with one attached hydrogen (secondary N) is 2. The molecule has 1 aromatic carbocycles. The van der Waals surface area contributed by atoms with Crippen LogP contribution in [0.1, 0.15) is 45.9 Å². The third-order valence-electron chi connectivity index (χ3n) is 6.11. The third-order valence-corrected chi connectivity index (χ3v) is 8.59. The Morgan fingerprint density at radius 3 is 2.50 bits per heavy atom. The van der Waals surface area contributed by atoms with Crippen LogP contribution in [0, 0.1) is 0 Å². The summed E-state index contributed by atoms with van der Waals surface area (Å²) in [5.41, 5.74) is 6.96. The van der Waals surface area contributed by atoms with Crippen molar-refractivity contribution in [1.29, 1.82) is 0 Å². The second-order valence-corrected chi connectivity index (χ2v) is 12.1. The van der Waals surface area contributed by atoms with E-state index in [1.807, 2.05) is 67.5 Å². The van der Waals surface area contributed by atoms with Gasteiger partial charge in [0.05, 0.1) is 29.4 Å². The average Bonchev–Trinajstić information content (AvgIpc) is 3.04. The molecule has 0 saturated carbocycles. The van der Waals surface area contributed by atoms with Crippen LogP contribution in [-0.4, -0.2) is 61.7 Å². The predicted molar refractivity (Wildman–Crippen MR) is 144 cm³/mol. The second-order valence-electron chi connectivity index (χ2n) is 10.00. The Morgan fingerprint density at radius 2 is 1.97 bits per heavy atom. The van der Waals surface area contributed by atoms with Gasteiger partial charge in [-0.25, -0.2) is 8.93 Å². The summed E-state index contributed by atoms with van der Waals surface area (Å²) in [7, 11) is 0.519. The molecule has 0 radical (unpaired) electrons. The van der Waals surface area contributed by atoms with Gasteiger partial charge in [0.25, 0.3) is 0 Å². The zero-order chi connectivity index (χ0) is 26.7. The number of carbonyl (C=O) groups excluding carboxylic acids is 2. The van der Waals surface area contributed by atoms with Crippen molar-refractivity contribution < 1.29 is 18.5 Å². The van der Waals surface area contributed by atoms with E-state index in [9.17, 15) is 13.8 Å². The summed E-state index contributed by atoms with van der Waals surface area (Å²) in [4.78, 5) is 28.8. The van der Waals surface area contributed by atoms with Crippen LogP contribution in [0.25, 0.3) is 4.91 Å². The summed E-state index contributed by atoms with van der Waals surface area (Å²) in [6, 6.07) is 8.62. The summed E-state index contributed by atoms with van der Waals surface area (Å²) >= 11 is 1.57. The standard InChI is InChI=1S/C25H37N5O4S2/c1-7-30(13-19-21(17-11-9-8-10-12-17)36(33)28-25(19,4)5)22(31)20(27-23(32)24(2,3)26)15-34-14-18-16-35-29(18)6/h8-12,16,20,28H,7,13-15,26H2,1-6H3,(H,27,32). The zero-order valence-corrected chi connectivity index (χ0v) is 23.4. The van der Waals surface area contributed by atoms with Gasteiger partial charge in [0.15, 0.2) is 0 Å². The van der Waals surface area contributed by atoms with Gasteiger partial charge < -0.3 is 24.6 Å². The monoisotopic (exact) mass is 535 g/mol. The molecule has 1 aliphatic rings. The molecule has 2 amide bonds. The fourth-order valence-electron chi connectivity index (χ4n) is 3.80. The quantitative estimate of drug-likeness (QED) is 0.407. The molecule has 0 aliphatic carbocycles. The number of hydrogen-bond donors (Lipinski definition) is 3. The van der Waals surface area contributed by atoms with Crippen molar-refractivity contribution >= 4 is 39.2 Å². The number of carbonyl (C=O) groups is 2. The molecule has 9 nitrogen and oxygen atoms in total. The van der Waals surface area contributed by atoms with Crippen molar-refractivity contribution in [2.75, 3.05) is 19.7 Å². The molecule has 0 fully saturated rings. The minimum atomic E-state index is -1.41. The number of aromatic nitrogens is 1. The van der Waals surface area contributed by atoms with Crippen molar-refractivity contribution in [3.8, 4) is 0 Å². The number of benzene rings is 1. The number of likely N-dealkylation sites (N-methyl/N-ethyl adjacent to an activating group) is 1. The normalized spacial score (nSPS) is 18.4. The number of nitrogens with zero attached hydrogens (tertiary/aromatic N) is 2. The maximum absolute atomic E-state index is 13.7. The lowest BCUT2D eigenvalue weighted by atomic mass is 9.92. The Labute approximate surface area is 219 Å². The highest BCUT2D eigenvalue weighted by molar-refractivity contribution is 7.93. The van der Waals surface area contributed by atoms with Crippen LogP contribution in [0.15, 0.2) is 41.3 Å². The van der Waals surface area contributed by atoms with Gasteiger partial charge in [-0.2, -0.15) is 0 Å². The minimum absolute atomic E-state index is 0.00512. The van der Waals surface area contributed by atoms with Gasteiger partial charge in [-0.1, -0.05) is 41.9 Å². The van der Waals surface area contributed by atoms with E-state index in [2.05, 4.69) is 10.0 Å². The summed E-state index contributed by atoms with van der Waals surface area (Å²) < 4.78 is 24.0. The van der Waals surface area contributed by atoms with Crippen LogP contribution in [0.4, 0.5) is 0 Å². The molecular weight excluding hydrogens is 498 g/mol. The van der Waals surface area contributed by atoms with E-state index in [1.165, 1.54) is 0 Å². The van der Waals surface area contributed by atoms with Crippen LogP contribution in [-0.2, 0) is 39.0 Å². The molecule has 4 N–H and O–H groups in total. The molecule has 3 rings (SSSR count). The maximum atomic E-state index is 13.7.